The van der Waals surface area contributed by atoms with Crippen molar-refractivity contribution in [3.05, 3.63) is 51.7 Å². The Morgan fingerprint density at radius 3 is 2.44 bits per heavy atom. The van der Waals surface area contributed by atoms with E-state index in [2.05, 4.69) is 10.1 Å². The largest absolute Gasteiger partial charge is 0.435 e. The number of urea groups is 1. The summed E-state index contributed by atoms with van der Waals surface area (Å²) in [5.74, 6) is -0.979. The second-order valence-electron chi connectivity index (χ2n) is 6.18. The monoisotopic (exact) mass is 394 g/mol. The molecule has 3 rings (SSSR count). The molecule has 1 aromatic carbocycles. The average Bonchev–Trinajstić information content (AvgIpc) is 3.13. The number of Topliss-reactive ketones (excluding diaryl/α,β-unsaturated/α-hetero) is 1. The zero-order chi connectivity index (χ0) is 19.8. The minimum atomic E-state index is -2.96. The van der Waals surface area contributed by atoms with E-state index >= 15 is 0 Å². The summed E-state index contributed by atoms with van der Waals surface area (Å²) in [7, 11) is 0. The Labute approximate surface area is 157 Å². The molecule has 0 saturated carbocycles. The van der Waals surface area contributed by atoms with Crippen molar-refractivity contribution in [1.29, 1.82) is 0 Å². The molecule has 3 amide bonds. The van der Waals surface area contributed by atoms with Crippen LogP contribution < -0.4 is 10.1 Å². The number of aryl methyl sites for hydroxylation is 1. The lowest BCUT2D eigenvalue weighted by atomic mass is 9.92. The number of hydrogen-bond acceptors (Lipinski definition) is 5. The van der Waals surface area contributed by atoms with Crippen LogP contribution >= 0.6 is 11.3 Å². The highest BCUT2D eigenvalue weighted by atomic mass is 32.1. The minimum absolute atomic E-state index is 0.0609. The molecule has 27 heavy (non-hydrogen) atoms. The van der Waals surface area contributed by atoms with E-state index in [0.29, 0.717) is 10.4 Å². The Kier molecular flexibility index (Phi) is 4.97. The van der Waals surface area contributed by atoms with Gasteiger partial charge in [-0.05, 0) is 43.7 Å². The fourth-order valence-corrected chi connectivity index (χ4v) is 3.61. The first-order valence-electron chi connectivity index (χ1n) is 8.00. The normalized spacial score (nSPS) is 19.5. The summed E-state index contributed by atoms with van der Waals surface area (Å²) < 4.78 is 28.8. The number of halogens is 2. The van der Waals surface area contributed by atoms with E-state index in [1.165, 1.54) is 42.5 Å². The number of alkyl halides is 2. The smallest absolute Gasteiger partial charge is 0.387 e. The van der Waals surface area contributed by atoms with Gasteiger partial charge >= 0.3 is 12.6 Å². The van der Waals surface area contributed by atoms with Crippen LogP contribution in [0.3, 0.4) is 0 Å². The molecule has 142 valence electrons. The maximum absolute atomic E-state index is 12.8. The SMILES string of the molecule is Cc1ccc(C(=O)CN2C(=O)NC(C)(c3ccc(OC(F)F)cc3)C2=O)s1. The number of ketones is 1. The van der Waals surface area contributed by atoms with Crippen LogP contribution in [0.15, 0.2) is 36.4 Å². The van der Waals surface area contributed by atoms with Crippen LogP contribution in [0, 0.1) is 6.92 Å². The predicted molar refractivity (Wildman–Crippen MR) is 94.1 cm³/mol. The Hall–Kier alpha value is -2.81. The molecule has 1 N–H and O–H groups in total. The van der Waals surface area contributed by atoms with Gasteiger partial charge in [0.25, 0.3) is 5.91 Å². The number of nitrogens with zero attached hydrogens (tertiary/aromatic N) is 1. The lowest BCUT2D eigenvalue weighted by Gasteiger charge is -2.22. The van der Waals surface area contributed by atoms with E-state index in [1.807, 2.05) is 6.92 Å². The second-order valence-corrected chi connectivity index (χ2v) is 7.47. The molecular formula is C18H16F2N2O4S. The summed E-state index contributed by atoms with van der Waals surface area (Å²) in [5, 5.41) is 2.57. The highest BCUT2D eigenvalue weighted by Crippen LogP contribution is 2.30. The molecule has 1 aliphatic heterocycles. The van der Waals surface area contributed by atoms with Gasteiger partial charge < -0.3 is 10.1 Å². The molecule has 1 aliphatic rings. The van der Waals surface area contributed by atoms with Crippen LogP contribution in [-0.2, 0) is 10.3 Å². The highest BCUT2D eigenvalue weighted by Gasteiger charge is 2.49. The molecule has 2 aromatic rings. The van der Waals surface area contributed by atoms with Crippen molar-refractivity contribution in [2.75, 3.05) is 6.54 Å². The van der Waals surface area contributed by atoms with E-state index in [9.17, 15) is 23.2 Å². The fourth-order valence-electron chi connectivity index (χ4n) is 2.81. The van der Waals surface area contributed by atoms with Gasteiger partial charge in [-0.2, -0.15) is 8.78 Å². The maximum atomic E-state index is 12.8. The number of amides is 3. The number of thiophene rings is 1. The summed E-state index contributed by atoms with van der Waals surface area (Å²) >= 11 is 1.29. The van der Waals surface area contributed by atoms with Gasteiger partial charge in [0.05, 0.1) is 11.4 Å². The summed E-state index contributed by atoms with van der Waals surface area (Å²) in [6.07, 6.45) is 0. The molecule has 1 atom stereocenters. The first kappa shape index (κ1) is 19.0. The summed E-state index contributed by atoms with van der Waals surface area (Å²) in [6, 6.07) is 8.17. The van der Waals surface area contributed by atoms with Crippen molar-refractivity contribution < 1.29 is 27.9 Å². The molecule has 9 heteroatoms. The number of nitrogens with one attached hydrogen (secondary N) is 1. The van der Waals surface area contributed by atoms with Crippen molar-refractivity contribution in [2.45, 2.75) is 26.0 Å². The van der Waals surface area contributed by atoms with Crippen molar-refractivity contribution in [3.8, 4) is 5.75 Å². The third-order valence-electron chi connectivity index (χ3n) is 4.25. The maximum Gasteiger partial charge on any atom is 0.387 e. The molecular weight excluding hydrogens is 378 g/mol. The number of imide groups is 1. The van der Waals surface area contributed by atoms with Crippen molar-refractivity contribution in [3.63, 3.8) is 0 Å². The van der Waals surface area contributed by atoms with Crippen molar-refractivity contribution >= 4 is 29.1 Å². The van der Waals surface area contributed by atoms with E-state index in [1.54, 1.807) is 12.1 Å². The van der Waals surface area contributed by atoms with Gasteiger partial charge in [-0.15, -0.1) is 11.3 Å². The summed E-state index contributed by atoms with van der Waals surface area (Å²) in [5.41, 5.74) is -1.00. The quantitative estimate of drug-likeness (QED) is 0.603. The Bertz CT molecular complexity index is 897. The third kappa shape index (κ3) is 3.68. The zero-order valence-electron chi connectivity index (χ0n) is 14.5. The number of benzene rings is 1. The van der Waals surface area contributed by atoms with E-state index < -0.39 is 24.1 Å². The number of hydrogen-bond donors (Lipinski definition) is 1. The topological polar surface area (TPSA) is 75.7 Å². The second kappa shape index (κ2) is 7.07. The lowest BCUT2D eigenvalue weighted by molar-refractivity contribution is -0.130. The Morgan fingerprint density at radius 1 is 1.22 bits per heavy atom. The van der Waals surface area contributed by atoms with Gasteiger partial charge in [0.15, 0.2) is 5.78 Å². The third-order valence-corrected chi connectivity index (χ3v) is 5.29. The minimum Gasteiger partial charge on any atom is -0.435 e. The molecule has 2 heterocycles. The molecule has 1 aromatic heterocycles. The first-order valence-corrected chi connectivity index (χ1v) is 8.81. The van der Waals surface area contributed by atoms with Gasteiger partial charge in [0.2, 0.25) is 0 Å². The number of rotatable bonds is 6. The molecule has 1 fully saturated rings. The Balaban J connectivity index is 1.78. The van der Waals surface area contributed by atoms with Crippen LogP contribution in [0.1, 0.15) is 27.0 Å². The molecule has 0 bridgehead atoms. The van der Waals surface area contributed by atoms with Gasteiger partial charge in [-0.3, -0.25) is 14.5 Å². The van der Waals surface area contributed by atoms with E-state index in [-0.39, 0.29) is 18.1 Å². The van der Waals surface area contributed by atoms with Crippen molar-refractivity contribution in [2.24, 2.45) is 0 Å². The Morgan fingerprint density at radius 2 is 1.89 bits per heavy atom. The molecule has 1 unspecified atom stereocenters. The van der Waals surface area contributed by atoms with Crippen LogP contribution in [0.2, 0.25) is 0 Å². The standard InChI is InChI=1S/C18H16F2N2O4S/c1-10-3-8-14(27-10)13(23)9-22-15(24)18(2,21-17(22)25)11-4-6-12(7-5-11)26-16(19)20/h3-8,16H,9H2,1-2H3,(H,21,25). The molecule has 0 spiro atoms. The van der Waals surface area contributed by atoms with Gasteiger partial charge in [0.1, 0.15) is 11.3 Å². The number of ether oxygens (including phenoxy) is 1. The molecule has 0 aliphatic carbocycles. The van der Waals surface area contributed by atoms with Gasteiger partial charge in [-0.25, -0.2) is 4.79 Å². The summed E-state index contributed by atoms with van der Waals surface area (Å²) in [6.45, 7) is 0.0257. The van der Waals surface area contributed by atoms with Crippen LogP contribution in [0.5, 0.6) is 5.75 Å². The number of carbonyl (C=O) groups is 3. The molecule has 0 radical (unpaired) electrons. The molecule has 6 nitrogen and oxygen atoms in total. The first-order chi connectivity index (χ1) is 12.7. The zero-order valence-corrected chi connectivity index (χ0v) is 15.3. The van der Waals surface area contributed by atoms with Crippen molar-refractivity contribution in [1.82, 2.24) is 10.2 Å². The summed E-state index contributed by atoms with van der Waals surface area (Å²) in [4.78, 5) is 39.7. The average molecular weight is 394 g/mol. The van der Waals surface area contributed by atoms with E-state index in [4.69, 9.17) is 0 Å². The van der Waals surface area contributed by atoms with Gasteiger partial charge in [0, 0.05) is 4.88 Å². The lowest BCUT2D eigenvalue weighted by Crippen LogP contribution is -2.41. The predicted octanol–water partition coefficient (Wildman–Crippen LogP) is 3.31. The van der Waals surface area contributed by atoms with Crippen LogP contribution in [-0.4, -0.2) is 35.8 Å². The number of carbonyl (C=O) groups excluding carboxylic acids is 3. The highest BCUT2D eigenvalue weighted by molar-refractivity contribution is 7.14. The van der Waals surface area contributed by atoms with Crippen LogP contribution in [0.4, 0.5) is 13.6 Å². The fraction of sp³-hybridized carbons (Fsp3) is 0.278. The van der Waals surface area contributed by atoms with E-state index in [0.717, 1.165) is 9.78 Å². The van der Waals surface area contributed by atoms with Crippen LogP contribution in [0.25, 0.3) is 0 Å². The molecule has 1 saturated heterocycles. The van der Waals surface area contributed by atoms with Gasteiger partial charge in [-0.1, -0.05) is 12.1 Å².